The molecule has 1 fully saturated rings. The van der Waals surface area contributed by atoms with Gasteiger partial charge in [-0.15, -0.1) is 0 Å². The zero-order valence-electron chi connectivity index (χ0n) is 8.78. The standard InChI is InChI=1S/C12H8Cl2N2O/c13-9-4-3-8-12(16-9)10(14)7(5-17)11(15-8)6-1-2-6/h3-6H,1-2H2. The third-order valence-corrected chi connectivity index (χ3v) is 3.48. The van der Waals surface area contributed by atoms with E-state index in [0.717, 1.165) is 24.8 Å². The molecular formula is C12H8Cl2N2O. The van der Waals surface area contributed by atoms with E-state index in [0.29, 0.717) is 32.7 Å². The molecule has 2 aromatic rings. The molecule has 1 aliphatic carbocycles. The van der Waals surface area contributed by atoms with Crippen molar-refractivity contribution in [2.45, 2.75) is 18.8 Å². The van der Waals surface area contributed by atoms with Crippen molar-refractivity contribution in [3.05, 3.63) is 33.6 Å². The molecule has 1 saturated carbocycles. The number of aldehydes is 1. The maximum atomic E-state index is 11.1. The van der Waals surface area contributed by atoms with Crippen molar-refractivity contribution in [3.63, 3.8) is 0 Å². The third-order valence-electron chi connectivity index (χ3n) is 2.88. The highest BCUT2D eigenvalue weighted by Crippen LogP contribution is 2.42. The Morgan fingerprint density at radius 3 is 2.65 bits per heavy atom. The van der Waals surface area contributed by atoms with Gasteiger partial charge in [-0.3, -0.25) is 9.78 Å². The smallest absolute Gasteiger partial charge is 0.153 e. The van der Waals surface area contributed by atoms with E-state index in [-0.39, 0.29) is 0 Å². The van der Waals surface area contributed by atoms with Gasteiger partial charge < -0.3 is 0 Å². The number of carbonyl (C=O) groups excluding carboxylic acids is 1. The summed E-state index contributed by atoms with van der Waals surface area (Å²) in [7, 11) is 0. The van der Waals surface area contributed by atoms with Crippen molar-refractivity contribution >= 4 is 40.5 Å². The van der Waals surface area contributed by atoms with Crippen molar-refractivity contribution in [2.75, 3.05) is 0 Å². The number of hydrogen-bond donors (Lipinski definition) is 0. The van der Waals surface area contributed by atoms with Crippen LogP contribution in [0.3, 0.4) is 0 Å². The molecule has 17 heavy (non-hydrogen) atoms. The van der Waals surface area contributed by atoms with Crippen molar-refractivity contribution in [2.24, 2.45) is 0 Å². The lowest BCUT2D eigenvalue weighted by Gasteiger charge is -2.07. The molecular weight excluding hydrogens is 259 g/mol. The van der Waals surface area contributed by atoms with E-state index in [1.165, 1.54) is 0 Å². The summed E-state index contributed by atoms with van der Waals surface area (Å²) in [5, 5.41) is 0.701. The Labute approximate surface area is 108 Å². The molecule has 3 rings (SSSR count). The molecule has 0 aliphatic heterocycles. The number of nitrogens with zero attached hydrogens (tertiary/aromatic N) is 2. The summed E-state index contributed by atoms with van der Waals surface area (Å²) in [5.41, 5.74) is 2.43. The summed E-state index contributed by atoms with van der Waals surface area (Å²) in [6.07, 6.45) is 2.89. The first-order valence-electron chi connectivity index (χ1n) is 5.31. The molecule has 0 radical (unpaired) electrons. The molecule has 2 heterocycles. The van der Waals surface area contributed by atoms with Gasteiger partial charge in [0.1, 0.15) is 10.7 Å². The average Bonchev–Trinajstić information content (AvgIpc) is 3.14. The van der Waals surface area contributed by atoms with Crippen molar-refractivity contribution in [1.29, 1.82) is 0 Å². The van der Waals surface area contributed by atoms with E-state index < -0.39 is 0 Å². The molecule has 0 atom stereocenters. The zero-order valence-corrected chi connectivity index (χ0v) is 10.3. The van der Waals surface area contributed by atoms with Gasteiger partial charge in [-0.25, -0.2) is 4.98 Å². The minimum atomic E-state index is 0.345. The lowest BCUT2D eigenvalue weighted by atomic mass is 10.1. The van der Waals surface area contributed by atoms with E-state index in [2.05, 4.69) is 9.97 Å². The molecule has 5 heteroatoms. The first-order chi connectivity index (χ1) is 8.20. The highest BCUT2D eigenvalue weighted by molar-refractivity contribution is 6.37. The van der Waals surface area contributed by atoms with Crippen LogP contribution in [0.5, 0.6) is 0 Å². The van der Waals surface area contributed by atoms with Crippen molar-refractivity contribution < 1.29 is 4.79 Å². The summed E-state index contributed by atoms with van der Waals surface area (Å²) in [4.78, 5) is 19.7. The summed E-state index contributed by atoms with van der Waals surface area (Å²) < 4.78 is 0. The van der Waals surface area contributed by atoms with Crippen molar-refractivity contribution in [3.8, 4) is 0 Å². The Bertz CT molecular complexity index is 623. The molecule has 3 nitrogen and oxygen atoms in total. The lowest BCUT2D eigenvalue weighted by molar-refractivity contribution is 0.112. The van der Waals surface area contributed by atoms with Crippen LogP contribution in [-0.2, 0) is 0 Å². The Hall–Kier alpha value is -1.19. The van der Waals surface area contributed by atoms with E-state index in [9.17, 15) is 4.79 Å². The van der Waals surface area contributed by atoms with Gasteiger partial charge in [-0.2, -0.15) is 0 Å². The Morgan fingerprint density at radius 1 is 1.24 bits per heavy atom. The van der Waals surface area contributed by atoms with Gasteiger partial charge in [0, 0.05) is 5.92 Å². The van der Waals surface area contributed by atoms with Crippen LogP contribution in [0, 0.1) is 0 Å². The number of hydrogen-bond acceptors (Lipinski definition) is 3. The van der Waals surface area contributed by atoms with Crippen LogP contribution in [0.1, 0.15) is 34.8 Å². The molecule has 86 valence electrons. The molecule has 0 unspecified atom stereocenters. The third kappa shape index (κ3) is 1.79. The lowest BCUT2D eigenvalue weighted by Crippen LogP contribution is -1.99. The SMILES string of the molecule is O=Cc1c(C2CC2)nc2ccc(Cl)nc2c1Cl. The van der Waals surface area contributed by atoms with E-state index in [1.807, 2.05) is 0 Å². The molecule has 0 aromatic carbocycles. The topological polar surface area (TPSA) is 42.9 Å². The predicted octanol–water partition coefficient (Wildman–Crippen LogP) is 3.63. The first kappa shape index (κ1) is 10.9. The quantitative estimate of drug-likeness (QED) is 0.616. The van der Waals surface area contributed by atoms with Gasteiger partial charge in [-0.1, -0.05) is 23.2 Å². The predicted molar refractivity (Wildman–Crippen MR) is 66.9 cm³/mol. The summed E-state index contributed by atoms with van der Waals surface area (Å²) in [5.74, 6) is 0.368. The molecule has 1 aliphatic rings. The highest BCUT2D eigenvalue weighted by atomic mass is 35.5. The molecule has 0 N–H and O–H groups in total. The van der Waals surface area contributed by atoms with Gasteiger partial charge in [0.25, 0.3) is 0 Å². The Kier molecular flexibility index (Phi) is 2.53. The highest BCUT2D eigenvalue weighted by Gasteiger charge is 2.29. The van der Waals surface area contributed by atoms with Crippen LogP contribution in [0.25, 0.3) is 11.0 Å². The molecule has 0 spiro atoms. The first-order valence-corrected chi connectivity index (χ1v) is 6.07. The van der Waals surface area contributed by atoms with E-state index in [1.54, 1.807) is 12.1 Å². The number of rotatable bonds is 2. The maximum absolute atomic E-state index is 11.1. The van der Waals surface area contributed by atoms with Gasteiger partial charge in [0.05, 0.1) is 21.8 Å². The van der Waals surface area contributed by atoms with Crippen LogP contribution < -0.4 is 0 Å². The van der Waals surface area contributed by atoms with Gasteiger partial charge in [0.2, 0.25) is 0 Å². The van der Waals surface area contributed by atoms with E-state index in [4.69, 9.17) is 23.2 Å². The maximum Gasteiger partial charge on any atom is 0.153 e. The summed E-state index contributed by atoms with van der Waals surface area (Å²) in [6, 6.07) is 3.45. The van der Waals surface area contributed by atoms with Crippen LogP contribution in [-0.4, -0.2) is 16.3 Å². The van der Waals surface area contributed by atoms with Crippen LogP contribution in [0.2, 0.25) is 10.2 Å². The second-order valence-electron chi connectivity index (χ2n) is 4.12. The number of fused-ring (bicyclic) bond motifs is 1. The average molecular weight is 267 g/mol. The van der Waals surface area contributed by atoms with Gasteiger partial charge in [0.15, 0.2) is 6.29 Å². The van der Waals surface area contributed by atoms with Gasteiger partial charge >= 0.3 is 0 Å². The largest absolute Gasteiger partial charge is 0.298 e. The van der Waals surface area contributed by atoms with E-state index >= 15 is 0 Å². The second-order valence-corrected chi connectivity index (χ2v) is 4.88. The fourth-order valence-electron chi connectivity index (χ4n) is 1.89. The number of halogens is 2. The molecule has 0 amide bonds. The minimum Gasteiger partial charge on any atom is -0.298 e. The Balaban J connectivity index is 2.36. The zero-order chi connectivity index (χ0) is 12.0. The summed E-state index contributed by atoms with van der Waals surface area (Å²) >= 11 is 12.0. The van der Waals surface area contributed by atoms with Gasteiger partial charge in [-0.05, 0) is 25.0 Å². The number of aromatic nitrogens is 2. The minimum absolute atomic E-state index is 0.345. The molecule has 2 aromatic heterocycles. The normalized spacial score (nSPS) is 15.2. The molecule has 0 bridgehead atoms. The summed E-state index contributed by atoms with van der Waals surface area (Å²) in [6.45, 7) is 0. The van der Waals surface area contributed by atoms with Crippen LogP contribution in [0.15, 0.2) is 12.1 Å². The fraction of sp³-hybridized carbons (Fsp3) is 0.250. The Morgan fingerprint density at radius 2 is 2.00 bits per heavy atom. The number of pyridine rings is 2. The monoisotopic (exact) mass is 266 g/mol. The van der Waals surface area contributed by atoms with Crippen molar-refractivity contribution in [1.82, 2.24) is 9.97 Å². The second kappa shape index (κ2) is 3.93. The van der Waals surface area contributed by atoms with Crippen LogP contribution >= 0.6 is 23.2 Å². The van der Waals surface area contributed by atoms with Crippen LogP contribution in [0.4, 0.5) is 0 Å². The molecule has 0 saturated heterocycles. The number of carbonyl (C=O) groups is 1. The fourth-order valence-corrected chi connectivity index (χ4v) is 2.32.